The summed E-state index contributed by atoms with van der Waals surface area (Å²) in [6.07, 6.45) is 0.236. The largest absolute Gasteiger partial charge is 0.494 e. The number of hydrogen-bond acceptors (Lipinski definition) is 5. The maximum atomic E-state index is 10.5. The second-order valence-electron chi connectivity index (χ2n) is 4.06. The molecule has 0 fully saturated rings. The first-order chi connectivity index (χ1) is 9.10. The van der Waals surface area contributed by atoms with E-state index in [0.29, 0.717) is 17.3 Å². The summed E-state index contributed by atoms with van der Waals surface area (Å²) in [5, 5.41) is 20.5. The fourth-order valence-electron chi connectivity index (χ4n) is 1.62. The number of aryl methyl sites for hydroxylation is 2. The molecule has 0 amide bonds. The lowest BCUT2D eigenvalue weighted by Gasteiger charge is -2.07. The number of hydrogen-bond donors (Lipinski definition) is 1. The summed E-state index contributed by atoms with van der Waals surface area (Å²) in [5.74, 6) is 0.142. The first-order valence-corrected chi connectivity index (χ1v) is 5.76. The predicted molar refractivity (Wildman–Crippen MR) is 66.4 cm³/mol. The Kier molecular flexibility index (Phi) is 3.74. The minimum absolute atomic E-state index is 0.0172. The zero-order chi connectivity index (χ0) is 13.8. The average molecular weight is 262 g/mol. The molecule has 1 aromatic carbocycles. The number of carbonyl (C=O) groups is 1. The normalized spacial score (nSPS) is 10.4. The van der Waals surface area contributed by atoms with Crippen LogP contribution in [0, 0.1) is 6.92 Å². The molecule has 0 saturated heterocycles. The molecular weight excluding hydrogens is 248 g/mol. The van der Waals surface area contributed by atoms with E-state index in [2.05, 4.69) is 15.4 Å². The number of nitrogens with zero attached hydrogens (tertiary/aromatic N) is 4. The third-order valence-electron chi connectivity index (χ3n) is 2.57. The summed E-state index contributed by atoms with van der Waals surface area (Å²) in [6, 6.07) is 5.62. The molecular formula is C12H14N4O3. The van der Waals surface area contributed by atoms with Gasteiger partial charge in [0.15, 0.2) is 5.82 Å². The van der Waals surface area contributed by atoms with Crippen molar-refractivity contribution < 1.29 is 14.6 Å². The van der Waals surface area contributed by atoms with Crippen LogP contribution >= 0.6 is 0 Å². The number of tetrazole rings is 1. The number of rotatable bonds is 5. The number of carboxylic acid groups (broad SMARTS) is 1. The topological polar surface area (TPSA) is 90.1 Å². The zero-order valence-corrected chi connectivity index (χ0v) is 10.7. The molecule has 0 radical (unpaired) electrons. The molecule has 2 rings (SSSR count). The summed E-state index contributed by atoms with van der Waals surface area (Å²) in [5.41, 5.74) is 1.72. The molecule has 0 aliphatic rings. The summed E-state index contributed by atoms with van der Waals surface area (Å²) in [6.45, 7) is 1.95. The number of carboxylic acids is 1. The van der Waals surface area contributed by atoms with Gasteiger partial charge in [-0.3, -0.25) is 4.79 Å². The molecule has 7 heteroatoms. The van der Waals surface area contributed by atoms with Crippen molar-refractivity contribution in [3.05, 3.63) is 29.6 Å². The molecule has 0 spiro atoms. The van der Waals surface area contributed by atoms with Crippen LogP contribution < -0.4 is 4.74 Å². The van der Waals surface area contributed by atoms with Crippen LogP contribution in [0.2, 0.25) is 0 Å². The van der Waals surface area contributed by atoms with Gasteiger partial charge >= 0.3 is 5.97 Å². The van der Waals surface area contributed by atoms with Crippen molar-refractivity contribution in [1.29, 1.82) is 0 Å². The number of aromatic nitrogens is 4. The van der Waals surface area contributed by atoms with Crippen molar-refractivity contribution in [1.82, 2.24) is 20.2 Å². The van der Waals surface area contributed by atoms with Gasteiger partial charge in [0, 0.05) is 6.42 Å². The van der Waals surface area contributed by atoms with Crippen LogP contribution in [0.25, 0.3) is 5.69 Å². The van der Waals surface area contributed by atoms with E-state index in [1.807, 2.05) is 25.1 Å². The molecule has 1 aromatic heterocycles. The molecule has 1 heterocycles. The highest BCUT2D eigenvalue weighted by molar-refractivity contribution is 5.66. The Hall–Kier alpha value is -2.44. The van der Waals surface area contributed by atoms with E-state index in [-0.39, 0.29) is 12.8 Å². The molecule has 0 saturated carbocycles. The Morgan fingerprint density at radius 3 is 2.95 bits per heavy atom. The lowest BCUT2D eigenvalue weighted by Crippen LogP contribution is -2.03. The summed E-state index contributed by atoms with van der Waals surface area (Å²) >= 11 is 0. The molecule has 0 unspecified atom stereocenters. The van der Waals surface area contributed by atoms with Gasteiger partial charge in [-0.15, -0.1) is 15.0 Å². The Morgan fingerprint density at radius 2 is 2.26 bits per heavy atom. The van der Waals surface area contributed by atoms with Gasteiger partial charge in [0.1, 0.15) is 11.4 Å². The Labute approximate surface area is 109 Å². The Bertz CT molecular complexity index is 594. The third kappa shape index (κ3) is 3.06. The van der Waals surface area contributed by atoms with Crippen LogP contribution in [-0.4, -0.2) is 38.4 Å². The summed E-state index contributed by atoms with van der Waals surface area (Å²) in [4.78, 5) is 11.8. The van der Waals surface area contributed by atoms with Gasteiger partial charge < -0.3 is 9.84 Å². The minimum Gasteiger partial charge on any atom is -0.494 e. The van der Waals surface area contributed by atoms with E-state index in [0.717, 1.165) is 5.56 Å². The van der Waals surface area contributed by atoms with Crippen LogP contribution in [0.5, 0.6) is 5.75 Å². The van der Waals surface area contributed by atoms with Crippen molar-refractivity contribution in [3.63, 3.8) is 0 Å². The van der Waals surface area contributed by atoms with Gasteiger partial charge in [-0.25, -0.2) is 0 Å². The fraction of sp³-hybridized carbons (Fsp3) is 0.333. The maximum absolute atomic E-state index is 10.5. The summed E-state index contributed by atoms with van der Waals surface area (Å²) < 4.78 is 5.24. The van der Waals surface area contributed by atoms with Crippen LogP contribution in [-0.2, 0) is 11.2 Å². The van der Waals surface area contributed by atoms with Crippen LogP contribution in [0.3, 0.4) is 0 Å². The molecule has 0 aliphatic carbocycles. The number of benzene rings is 1. The standard InChI is InChI=1S/C12H14N4O3/c1-8-3-4-10(19-2)9(7-8)16-14-11(13-15-16)5-6-12(17)18/h3-4,7H,5-6H2,1-2H3,(H,17,18). The van der Waals surface area contributed by atoms with E-state index in [9.17, 15) is 4.79 Å². The number of ether oxygens (including phenoxy) is 1. The van der Waals surface area contributed by atoms with Crippen LogP contribution in [0.15, 0.2) is 18.2 Å². The van der Waals surface area contributed by atoms with Crippen LogP contribution in [0.1, 0.15) is 17.8 Å². The van der Waals surface area contributed by atoms with E-state index >= 15 is 0 Å². The molecule has 7 nitrogen and oxygen atoms in total. The van der Waals surface area contributed by atoms with Gasteiger partial charge in [-0.1, -0.05) is 6.07 Å². The number of methoxy groups -OCH3 is 1. The van der Waals surface area contributed by atoms with E-state index < -0.39 is 5.97 Å². The van der Waals surface area contributed by atoms with Gasteiger partial charge in [0.2, 0.25) is 0 Å². The maximum Gasteiger partial charge on any atom is 0.303 e. The Balaban J connectivity index is 2.27. The second-order valence-corrected chi connectivity index (χ2v) is 4.06. The van der Waals surface area contributed by atoms with E-state index in [4.69, 9.17) is 9.84 Å². The molecule has 0 atom stereocenters. The molecule has 19 heavy (non-hydrogen) atoms. The molecule has 2 aromatic rings. The van der Waals surface area contributed by atoms with Crippen molar-refractivity contribution in [2.24, 2.45) is 0 Å². The average Bonchev–Trinajstić information content (AvgIpc) is 2.85. The lowest BCUT2D eigenvalue weighted by atomic mass is 10.2. The SMILES string of the molecule is COc1ccc(C)cc1-n1nnc(CCC(=O)O)n1. The number of aliphatic carboxylic acids is 1. The fourth-order valence-corrected chi connectivity index (χ4v) is 1.62. The van der Waals surface area contributed by atoms with Gasteiger partial charge in [-0.2, -0.15) is 0 Å². The Morgan fingerprint density at radius 1 is 1.47 bits per heavy atom. The first kappa shape index (κ1) is 13.0. The first-order valence-electron chi connectivity index (χ1n) is 5.76. The lowest BCUT2D eigenvalue weighted by molar-refractivity contribution is -0.137. The highest BCUT2D eigenvalue weighted by atomic mass is 16.5. The smallest absolute Gasteiger partial charge is 0.303 e. The van der Waals surface area contributed by atoms with Crippen molar-refractivity contribution in [2.75, 3.05) is 7.11 Å². The quantitative estimate of drug-likeness (QED) is 0.864. The molecule has 1 N–H and O–H groups in total. The van der Waals surface area contributed by atoms with E-state index in [1.165, 1.54) is 4.80 Å². The van der Waals surface area contributed by atoms with Crippen molar-refractivity contribution >= 4 is 5.97 Å². The van der Waals surface area contributed by atoms with Gasteiger partial charge in [-0.05, 0) is 29.8 Å². The predicted octanol–water partition coefficient (Wildman–Crippen LogP) is 0.997. The second kappa shape index (κ2) is 5.47. The van der Waals surface area contributed by atoms with Crippen molar-refractivity contribution in [3.8, 4) is 11.4 Å². The third-order valence-corrected chi connectivity index (χ3v) is 2.57. The monoisotopic (exact) mass is 262 g/mol. The summed E-state index contributed by atoms with van der Waals surface area (Å²) in [7, 11) is 1.57. The van der Waals surface area contributed by atoms with Gasteiger partial charge in [0.05, 0.1) is 13.5 Å². The zero-order valence-electron chi connectivity index (χ0n) is 10.7. The van der Waals surface area contributed by atoms with Gasteiger partial charge in [0.25, 0.3) is 0 Å². The molecule has 100 valence electrons. The highest BCUT2D eigenvalue weighted by Gasteiger charge is 2.11. The minimum atomic E-state index is -0.885. The molecule has 0 aliphatic heterocycles. The van der Waals surface area contributed by atoms with Crippen molar-refractivity contribution in [2.45, 2.75) is 19.8 Å². The van der Waals surface area contributed by atoms with E-state index in [1.54, 1.807) is 7.11 Å². The van der Waals surface area contributed by atoms with Crippen LogP contribution in [0.4, 0.5) is 0 Å². The highest BCUT2D eigenvalue weighted by Crippen LogP contribution is 2.22. The molecule has 0 bridgehead atoms.